The maximum Gasteiger partial charge on any atom is 0.204 e. The lowest BCUT2D eigenvalue weighted by atomic mass is 10.1. The average molecular weight is 231 g/mol. The van der Waals surface area contributed by atoms with Crippen LogP contribution in [0.25, 0.3) is 0 Å². The molecule has 1 heterocycles. The number of ketones is 1. The molecule has 0 aliphatic heterocycles. The smallest absolute Gasteiger partial charge is 0.204 e. The maximum absolute atomic E-state index is 12.1. The molecule has 0 fully saturated rings. The molecule has 0 N–H and O–H groups in total. The molecule has 2 rings (SSSR count). The predicted octanol–water partition coefficient (Wildman–Crippen LogP) is 3.24. The second-order valence-corrected chi connectivity index (χ2v) is 4.50. The van der Waals surface area contributed by atoms with Crippen molar-refractivity contribution >= 4 is 17.1 Å². The van der Waals surface area contributed by atoms with E-state index in [4.69, 9.17) is 0 Å². The van der Waals surface area contributed by atoms with Crippen LogP contribution in [0.2, 0.25) is 0 Å². The van der Waals surface area contributed by atoms with Crippen molar-refractivity contribution in [3.8, 4) is 0 Å². The van der Waals surface area contributed by atoms with E-state index in [1.165, 1.54) is 16.9 Å². The van der Waals surface area contributed by atoms with Gasteiger partial charge in [-0.3, -0.25) is 4.79 Å². The molecule has 2 nitrogen and oxygen atoms in total. The molecule has 0 aliphatic carbocycles. The first kappa shape index (κ1) is 11.0. The molecule has 82 valence electrons. The van der Waals surface area contributed by atoms with Crippen LogP contribution in [0.4, 0.5) is 0 Å². The zero-order valence-corrected chi connectivity index (χ0v) is 10.2. The minimum Gasteiger partial charge on any atom is -0.288 e. The monoisotopic (exact) mass is 231 g/mol. The van der Waals surface area contributed by atoms with Crippen LogP contribution in [0.5, 0.6) is 0 Å². The zero-order valence-electron chi connectivity index (χ0n) is 9.36. The van der Waals surface area contributed by atoms with E-state index in [1.54, 1.807) is 5.51 Å². The summed E-state index contributed by atoms with van der Waals surface area (Å²) in [6.07, 6.45) is 0.994. The van der Waals surface area contributed by atoms with Crippen LogP contribution in [-0.4, -0.2) is 10.8 Å². The molecular weight excluding hydrogens is 218 g/mol. The van der Waals surface area contributed by atoms with Crippen molar-refractivity contribution in [2.24, 2.45) is 0 Å². The van der Waals surface area contributed by atoms with Crippen LogP contribution in [0.3, 0.4) is 0 Å². The molecule has 0 saturated carbocycles. The van der Waals surface area contributed by atoms with E-state index >= 15 is 0 Å². The van der Waals surface area contributed by atoms with Gasteiger partial charge < -0.3 is 0 Å². The van der Waals surface area contributed by atoms with Gasteiger partial charge in [0.25, 0.3) is 0 Å². The van der Waals surface area contributed by atoms with Gasteiger partial charge in [-0.1, -0.05) is 31.2 Å². The number of carbonyl (C=O) groups is 1. The number of hydrogen-bond donors (Lipinski definition) is 0. The summed E-state index contributed by atoms with van der Waals surface area (Å²) < 4.78 is 0. The van der Waals surface area contributed by atoms with E-state index in [2.05, 4.69) is 11.9 Å². The highest BCUT2D eigenvalue weighted by atomic mass is 32.1. The van der Waals surface area contributed by atoms with Gasteiger partial charge in [-0.05, 0) is 18.9 Å². The summed E-state index contributed by atoms with van der Waals surface area (Å²) in [7, 11) is 0. The van der Waals surface area contributed by atoms with E-state index in [0.29, 0.717) is 0 Å². The van der Waals surface area contributed by atoms with E-state index < -0.39 is 0 Å². The Bertz CT molecular complexity index is 499. The fraction of sp³-hybridized carbons (Fsp3) is 0.231. The van der Waals surface area contributed by atoms with Crippen molar-refractivity contribution < 1.29 is 4.79 Å². The van der Waals surface area contributed by atoms with Gasteiger partial charge in [0.05, 0.1) is 16.1 Å². The second kappa shape index (κ2) is 4.58. The molecule has 2 aromatic rings. The van der Waals surface area contributed by atoms with E-state index in [-0.39, 0.29) is 5.78 Å². The highest BCUT2D eigenvalue weighted by Crippen LogP contribution is 2.18. The van der Waals surface area contributed by atoms with Crippen molar-refractivity contribution in [1.29, 1.82) is 0 Å². The van der Waals surface area contributed by atoms with E-state index in [1.807, 2.05) is 31.2 Å². The molecule has 1 aromatic carbocycles. The normalized spacial score (nSPS) is 10.4. The molecule has 0 aliphatic rings. The lowest BCUT2D eigenvalue weighted by molar-refractivity contribution is 0.104. The Hall–Kier alpha value is -1.48. The number of nitrogens with zero attached hydrogens (tertiary/aromatic N) is 1. The number of thiazole rings is 1. The molecule has 0 spiro atoms. The number of carbonyl (C=O) groups excluding carboxylic acids is 1. The molecule has 1 aromatic heterocycles. The van der Waals surface area contributed by atoms with Gasteiger partial charge in [-0.15, -0.1) is 11.3 Å². The Morgan fingerprint density at radius 3 is 2.50 bits per heavy atom. The van der Waals surface area contributed by atoms with E-state index in [0.717, 1.165) is 22.6 Å². The summed E-state index contributed by atoms with van der Waals surface area (Å²) in [6.45, 7) is 3.97. The van der Waals surface area contributed by atoms with Crippen LogP contribution >= 0.6 is 11.3 Å². The number of benzene rings is 1. The lowest BCUT2D eigenvalue weighted by Crippen LogP contribution is -2.00. The van der Waals surface area contributed by atoms with Gasteiger partial charge in [-0.2, -0.15) is 0 Å². The lowest BCUT2D eigenvalue weighted by Gasteiger charge is -2.00. The van der Waals surface area contributed by atoms with E-state index in [9.17, 15) is 4.79 Å². The summed E-state index contributed by atoms with van der Waals surface area (Å²) in [5, 5.41) is 0. The summed E-state index contributed by atoms with van der Waals surface area (Å²) in [6, 6.07) is 7.79. The predicted molar refractivity (Wildman–Crippen MR) is 66.1 cm³/mol. The number of aryl methyl sites for hydroxylation is 2. The molecule has 0 unspecified atom stereocenters. The van der Waals surface area contributed by atoms with Gasteiger partial charge in [0.1, 0.15) is 0 Å². The molecule has 16 heavy (non-hydrogen) atoms. The third kappa shape index (κ3) is 2.04. The van der Waals surface area contributed by atoms with Crippen molar-refractivity contribution in [2.75, 3.05) is 0 Å². The van der Waals surface area contributed by atoms with Crippen molar-refractivity contribution in [1.82, 2.24) is 4.98 Å². The number of hydrogen-bond acceptors (Lipinski definition) is 3. The summed E-state index contributed by atoms with van der Waals surface area (Å²) in [4.78, 5) is 16.9. The highest BCUT2D eigenvalue weighted by Gasteiger charge is 2.13. The van der Waals surface area contributed by atoms with Crippen LogP contribution in [0.1, 0.15) is 33.4 Å². The van der Waals surface area contributed by atoms with Crippen LogP contribution in [-0.2, 0) is 6.42 Å². The summed E-state index contributed by atoms with van der Waals surface area (Å²) in [5.74, 6) is 0.0719. The molecule has 0 bridgehead atoms. The molecule has 0 radical (unpaired) electrons. The van der Waals surface area contributed by atoms with Crippen LogP contribution < -0.4 is 0 Å². The minimum absolute atomic E-state index is 0.0719. The summed E-state index contributed by atoms with van der Waals surface area (Å²) >= 11 is 1.40. The van der Waals surface area contributed by atoms with Crippen LogP contribution in [0.15, 0.2) is 29.8 Å². The van der Waals surface area contributed by atoms with Crippen molar-refractivity contribution in [2.45, 2.75) is 20.3 Å². The first-order valence-electron chi connectivity index (χ1n) is 5.26. The fourth-order valence-electron chi connectivity index (χ4n) is 1.54. The van der Waals surface area contributed by atoms with Crippen LogP contribution in [0, 0.1) is 6.92 Å². The highest BCUT2D eigenvalue weighted by molar-refractivity contribution is 7.12. The van der Waals surface area contributed by atoms with Gasteiger partial charge in [0.15, 0.2) is 0 Å². The largest absolute Gasteiger partial charge is 0.288 e. The standard InChI is InChI=1S/C13H13NOS/c1-3-10-4-6-11(7-5-10)12(15)13-9(2)14-8-16-13/h4-8H,3H2,1-2H3. The van der Waals surface area contributed by atoms with Gasteiger partial charge in [-0.25, -0.2) is 4.98 Å². The third-order valence-electron chi connectivity index (χ3n) is 2.58. The first-order valence-corrected chi connectivity index (χ1v) is 6.14. The fourth-order valence-corrected chi connectivity index (χ4v) is 2.31. The Labute approximate surface area is 99.0 Å². The number of rotatable bonds is 3. The molecule has 0 saturated heterocycles. The Morgan fingerprint density at radius 1 is 1.31 bits per heavy atom. The van der Waals surface area contributed by atoms with Crippen molar-refractivity contribution in [3.63, 3.8) is 0 Å². The Balaban J connectivity index is 2.31. The SMILES string of the molecule is CCc1ccc(C(=O)c2scnc2C)cc1. The average Bonchev–Trinajstić information content (AvgIpc) is 2.75. The first-order chi connectivity index (χ1) is 7.72. The van der Waals surface area contributed by atoms with Gasteiger partial charge in [0.2, 0.25) is 5.78 Å². The third-order valence-corrected chi connectivity index (χ3v) is 3.50. The van der Waals surface area contributed by atoms with Gasteiger partial charge >= 0.3 is 0 Å². The molecule has 0 atom stereocenters. The molecule has 0 amide bonds. The number of aromatic nitrogens is 1. The minimum atomic E-state index is 0.0719. The Morgan fingerprint density at radius 2 is 2.00 bits per heavy atom. The topological polar surface area (TPSA) is 30.0 Å². The Kier molecular flexibility index (Phi) is 3.15. The quantitative estimate of drug-likeness (QED) is 0.759. The van der Waals surface area contributed by atoms with Crippen molar-refractivity contribution in [3.05, 3.63) is 51.5 Å². The second-order valence-electron chi connectivity index (χ2n) is 3.65. The molecule has 3 heteroatoms. The summed E-state index contributed by atoms with van der Waals surface area (Å²) in [5.41, 5.74) is 4.51. The zero-order chi connectivity index (χ0) is 11.5. The maximum atomic E-state index is 12.1. The van der Waals surface area contributed by atoms with Gasteiger partial charge in [0, 0.05) is 5.56 Å². The molecular formula is C13H13NOS.